The molecule has 0 amide bonds. The molecule has 1 aliphatic rings. The Hall–Kier alpha value is -0.800. The number of nitrogens with one attached hydrogen (secondary N) is 1. The fraction of sp³-hybridized carbons (Fsp3) is 0.688. The van der Waals surface area contributed by atoms with Gasteiger partial charge in [0.2, 0.25) is 0 Å². The number of pyridine rings is 1. The smallest absolute Gasteiger partial charge is 0.147 e. The summed E-state index contributed by atoms with van der Waals surface area (Å²) >= 11 is 6.46. The molecule has 1 fully saturated rings. The molecule has 0 atom stereocenters. The number of hydrogen-bond donors (Lipinski definition) is 1. The Kier molecular flexibility index (Phi) is 5.28. The Labute approximate surface area is 127 Å². The molecular formula is C16H26ClN3. The number of hydrogen-bond acceptors (Lipinski definition) is 3. The fourth-order valence-electron chi connectivity index (χ4n) is 2.29. The second kappa shape index (κ2) is 6.77. The zero-order valence-electron chi connectivity index (χ0n) is 13.0. The topological polar surface area (TPSA) is 28.2 Å². The van der Waals surface area contributed by atoms with Gasteiger partial charge in [-0.15, -0.1) is 0 Å². The maximum absolute atomic E-state index is 6.46. The van der Waals surface area contributed by atoms with Gasteiger partial charge in [-0.05, 0) is 30.4 Å². The van der Waals surface area contributed by atoms with Crippen molar-refractivity contribution in [1.82, 2.24) is 10.3 Å². The highest BCUT2D eigenvalue weighted by molar-refractivity contribution is 6.33. The molecule has 0 saturated heterocycles. The Balaban J connectivity index is 2.10. The summed E-state index contributed by atoms with van der Waals surface area (Å²) in [4.78, 5) is 7.01. The number of halogens is 1. The molecule has 1 N–H and O–H groups in total. The third-order valence-electron chi connectivity index (χ3n) is 3.41. The molecule has 0 bridgehead atoms. The lowest BCUT2D eigenvalue weighted by Crippen LogP contribution is -2.31. The van der Waals surface area contributed by atoms with Crippen LogP contribution in [0.1, 0.15) is 46.1 Å². The maximum atomic E-state index is 6.46. The summed E-state index contributed by atoms with van der Waals surface area (Å²) in [7, 11) is 0. The van der Waals surface area contributed by atoms with Crippen molar-refractivity contribution in [3.8, 4) is 0 Å². The van der Waals surface area contributed by atoms with Crippen molar-refractivity contribution in [2.45, 2.75) is 59.2 Å². The average molecular weight is 296 g/mol. The van der Waals surface area contributed by atoms with Crippen LogP contribution in [0, 0.1) is 5.92 Å². The fourth-order valence-corrected chi connectivity index (χ4v) is 2.59. The van der Waals surface area contributed by atoms with Crippen molar-refractivity contribution < 1.29 is 0 Å². The van der Waals surface area contributed by atoms with Crippen molar-refractivity contribution in [3.05, 3.63) is 22.8 Å². The van der Waals surface area contributed by atoms with E-state index in [1.165, 1.54) is 12.8 Å². The van der Waals surface area contributed by atoms with Crippen LogP contribution < -0.4 is 10.2 Å². The summed E-state index contributed by atoms with van der Waals surface area (Å²) in [5.41, 5.74) is 1.15. The van der Waals surface area contributed by atoms with Crippen LogP contribution >= 0.6 is 11.6 Å². The first-order valence-corrected chi connectivity index (χ1v) is 7.99. The summed E-state index contributed by atoms with van der Waals surface area (Å²) in [6.45, 7) is 10.6. The maximum Gasteiger partial charge on any atom is 0.147 e. The van der Waals surface area contributed by atoms with Crippen molar-refractivity contribution in [2.24, 2.45) is 5.92 Å². The predicted molar refractivity (Wildman–Crippen MR) is 86.4 cm³/mol. The van der Waals surface area contributed by atoms with Gasteiger partial charge in [-0.25, -0.2) is 4.98 Å². The molecule has 0 aromatic carbocycles. The SMILES string of the molecule is CC(C)CN(c1ncc(CNC(C)C)cc1Cl)C1CC1. The Morgan fingerprint density at radius 1 is 1.35 bits per heavy atom. The largest absolute Gasteiger partial charge is 0.352 e. The Morgan fingerprint density at radius 2 is 2.05 bits per heavy atom. The molecule has 2 rings (SSSR count). The molecule has 20 heavy (non-hydrogen) atoms. The summed E-state index contributed by atoms with van der Waals surface area (Å²) in [5, 5.41) is 4.17. The number of anilines is 1. The van der Waals surface area contributed by atoms with Gasteiger partial charge in [0.25, 0.3) is 0 Å². The van der Waals surface area contributed by atoms with Gasteiger partial charge in [0.1, 0.15) is 5.82 Å². The molecule has 0 spiro atoms. The molecule has 0 unspecified atom stereocenters. The average Bonchev–Trinajstić information content (AvgIpc) is 3.18. The number of aromatic nitrogens is 1. The first-order chi connectivity index (χ1) is 9.47. The molecule has 0 aliphatic heterocycles. The third-order valence-corrected chi connectivity index (χ3v) is 3.69. The molecule has 1 aromatic rings. The molecule has 0 radical (unpaired) electrons. The Morgan fingerprint density at radius 3 is 2.55 bits per heavy atom. The van der Waals surface area contributed by atoms with Crippen molar-refractivity contribution in [1.29, 1.82) is 0 Å². The van der Waals surface area contributed by atoms with Crippen LogP contribution in [0.5, 0.6) is 0 Å². The number of rotatable bonds is 7. The van der Waals surface area contributed by atoms with Gasteiger partial charge in [0.15, 0.2) is 0 Å². The summed E-state index contributed by atoms with van der Waals surface area (Å²) in [6.07, 6.45) is 4.48. The van der Waals surface area contributed by atoms with Crippen LogP contribution in [0.4, 0.5) is 5.82 Å². The third kappa shape index (κ3) is 4.35. The van der Waals surface area contributed by atoms with Gasteiger partial charge in [0, 0.05) is 31.4 Å². The summed E-state index contributed by atoms with van der Waals surface area (Å²) < 4.78 is 0. The minimum absolute atomic E-state index is 0.470. The molecule has 3 nitrogen and oxygen atoms in total. The van der Waals surface area contributed by atoms with E-state index in [1.807, 2.05) is 6.20 Å². The van der Waals surface area contributed by atoms with E-state index in [1.54, 1.807) is 0 Å². The second-order valence-electron chi connectivity index (χ2n) is 6.46. The van der Waals surface area contributed by atoms with Crippen LogP contribution in [0.15, 0.2) is 12.3 Å². The van der Waals surface area contributed by atoms with Gasteiger partial charge >= 0.3 is 0 Å². The molecular weight excluding hydrogens is 270 g/mol. The predicted octanol–water partition coefficient (Wildman–Crippen LogP) is 3.86. The molecule has 1 aromatic heterocycles. The van der Waals surface area contributed by atoms with Crippen LogP contribution in [-0.2, 0) is 6.54 Å². The van der Waals surface area contributed by atoms with Crippen LogP contribution in [0.25, 0.3) is 0 Å². The molecule has 112 valence electrons. The van der Waals surface area contributed by atoms with E-state index < -0.39 is 0 Å². The molecule has 1 aliphatic carbocycles. The van der Waals surface area contributed by atoms with E-state index in [2.05, 4.69) is 49.0 Å². The second-order valence-corrected chi connectivity index (χ2v) is 6.87. The van der Waals surface area contributed by atoms with Crippen molar-refractivity contribution in [2.75, 3.05) is 11.4 Å². The van der Waals surface area contributed by atoms with Crippen LogP contribution in [0.3, 0.4) is 0 Å². The minimum atomic E-state index is 0.470. The number of nitrogens with zero attached hydrogens (tertiary/aromatic N) is 2. The highest BCUT2D eigenvalue weighted by Gasteiger charge is 2.31. The lowest BCUT2D eigenvalue weighted by Gasteiger charge is -2.26. The van der Waals surface area contributed by atoms with E-state index in [-0.39, 0.29) is 0 Å². The van der Waals surface area contributed by atoms with Crippen molar-refractivity contribution in [3.63, 3.8) is 0 Å². The van der Waals surface area contributed by atoms with E-state index in [0.717, 1.165) is 29.5 Å². The van der Waals surface area contributed by atoms with E-state index in [0.29, 0.717) is 18.0 Å². The zero-order valence-corrected chi connectivity index (χ0v) is 13.7. The minimum Gasteiger partial charge on any atom is -0.352 e. The monoisotopic (exact) mass is 295 g/mol. The highest BCUT2D eigenvalue weighted by atomic mass is 35.5. The lowest BCUT2D eigenvalue weighted by atomic mass is 10.2. The van der Waals surface area contributed by atoms with Gasteiger partial charge in [-0.1, -0.05) is 39.3 Å². The normalized spacial score (nSPS) is 15.2. The van der Waals surface area contributed by atoms with E-state index in [4.69, 9.17) is 11.6 Å². The van der Waals surface area contributed by atoms with E-state index in [9.17, 15) is 0 Å². The molecule has 1 saturated carbocycles. The lowest BCUT2D eigenvalue weighted by molar-refractivity contribution is 0.586. The zero-order chi connectivity index (χ0) is 14.7. The quantitative estimate of drug-likeness (QED) is 0.828. The molecule has 1 heterocycles. The molecule has 4 heteroatoms. The first kappa shape index (κ1) is 15.6. The van der Waals surface area contributed by atoms with E-state index >= 15 is 0 Å². The first-order valence-electron chi connectivity index (χ1n) is 7.61. The standard InChI is InChI=1S/C16H26ClN3/c1-11(2)10-20(14-5-6-14)16-15(17)7-13(9-19-16)8-18-12(3)4/h7,9,11-12,14,18H,5-6,8,10H2,1-4H3. The highest BCUT2D eigenvalue weighted by Crippen LogP contribution is 2.35. The van der Waals surface area contributed by atoms with Crippen LogP contribution in [-0.4, -0.2) is 23.6 Å². The summed E-state index contributed by atoms with van der Waals surface area (Å²) in [6, 6.07) is 3.16. The Bertz CT molecular complexity index is 441. The van der Waals surface area contributed by atoms with Crippen LogP contribution in [0.2, 0.25) is 5.02 Å². The van der Waals surface area contributed by atoms with Gasteiger partial charge < -0.3 is 10.2 Å². The van der Waals surface area contributed by atoms with Crippen molar-refractivity contribution >= 4 is 17.4 Å². The van der Waals surface area contributed by atoms with Gasteiger partial charge in [0.05, 0.1) is 5.02 Å². The van der Waals surface area contributed by atoms with Gasteiger partial charge in [-0.2, -0.15) is 0 Å². The summed E-state index contributed by atoms with van der Waals surface area (Å²) in [5.74, 6) is 1.58. The van der Waals surface area contributed by atoms with Gasteiger partial charge in [-0.3, -0.25) is 0 Å².